The van der Waals surface area contributed by atoms with E-state index >= 15 is 0 Å². The number of hydrogen-bond donors (Lipinski definition) is 1. The van der Waals surface area contributed by atoms with Crippen LogP contribution in [0.4, 0.5) is 5.69 Å². The van der Waals surface area contributed by atoms with E-state index < -0.39 is 0 Å². The van der Waals surface area contributed by atoms with Crippen LogP contribution in [-0.4, -0.2) is 26.6 Å². The molecule has 1 amide bonds. The summed E-state index contributed by atoms with van der Waals surface area (Å²) in [5.41, 5.74) is 3.28. The minimum Gasteiger partial charge on any atom is -0.361 e. The van der Waals surface area contributed by atoms with Crippen molar-refractivity contribution in [1.82, 2.24) is 14.7 Å². The van der Waals surface area contributed by atoms with Crippen molar-refractivity contribution in [3.8, 4) is 0 Å². The highest BCUT2D eigenvalue weighted by Crippen LogP contribution is 2.39. The first-order valence-electron chi connectivity index (χ1n) is 9.26. The molecule has 0 bridgehead atoms. The third-order valence-electron chi connectivity index (χ3n) is 4.95. The Morgan fingerprint density at radius 3 is 2.62 bits per heavy atom. The Balaban J connectivity index is 2.10. The lowest BCUT2D eigenvalue weighted by Gasteiger charge is -2.41. The lowest BCUT2D eigenvalue weighted by molar-refractivity contribution is 0.0593. The number of fused-ring (bicyclic) bond motifs is 1. The van der Waals surface area contributed by atoms with E-state index in [0.29, 0.717) is 16.6 Å². The summed E-state index contributed by atoms with van der Waals surface area (Å²) in [6.07, 6.45) is 0.545. The van der Waals surface area contributed by atoms with Gasteiger partial charge in [0.15, 0.2) is 0 Å². The van der Waals surface area contributed by atoms with Gasteiger partial charge in [0.05, 0.1) is 16.8 Å². The predicted molar refractivity (Wildman–Crippen MR) is 106 cm³/mol. The van der Waals surface area contributed by atoms with Gasteiger partial charge in [-0.25, -0.2) is 0 Å². The van der Waals surface area contributed by atoms with Gasteiger partial charge in [0, 0.05) is 18.3 Å². The van der Waals surface area contributed by atoms with E-state index in [1.807, 2.05) is 40.8 Å². The van der Waals surface area contributed by atoms with Crippen LogP contribution >= 0.6 is 11.6 Å². The topological polar surface area (TPSA) is 50.2 Å². The zero-order chi connectivity index (χ0) is 19.0. The van der Waals surface area contributed by atoms with E-state index in [-0.39, 0.29) is 18.1 Å². The minimum atomic E-state index is -0.319. The van der Waals surface area contributed by atoms with Crippen LogP contribution in [0.1, 0.15) is 61.9 Å². The fourth-order valence-corrected chi connectivity index (χ4v) is 3.82. The van der Waals surface area contributed by atoms with Crippen LogP contribution in [0.25, 0.3) is 0 Å². The number of anilines is 1. The molecular weight excluding hydrogens is 348 g/mol. The number of nitrogens with zero attached hydrogens (tertiary/aromatic N) is 3. The van der Waals surface area contributed by atoms with Crippen LogP contribution in [0.15, 0.2) is 24.3 Å². The van der Waals surface area contributed by atoms with Crippen molar-refractivity contribution in [2.24, 2.45) is 5.92 Å². The summed E-state index contributed by atoms with van der Waals surface area (Å²) < 4.78 is 1.85. The Morgan fingerprint density at radius 1 is 1.27 bits per heavy atom. The molecule has 26 heavy (non-hydrogen) atoms. The molecule has 2 atom stereocenters. The number of carbonyl (C=O) groups excluding carboxylic acids is 1. The van der Waals surface area contributed by atoms with Gasteiger partial charge in [-0.3, -0.25) is 9.48 Å². The smallest absolute Gasteiger partial charge is 0.258 e. The summed E-state index contributed by atoms with van der Waals surface area (Å²) in [6.45, 7) is 11.1. The first kappa shape index (κ1) is 18.8. The SMILES string of the molecule is CC[C@@H](C)N1C(=O)c2ccccc2N[C@H]1c1c(C)nn(CC(C)C)c1Cl. The van der Waals surface area contributed by atoms with E-state index in [1.54, 1.807) is 0 Å². The molecule has 0 unspecified atom stereocenters. The maximum Gasteiger partial charge on any atom is 0.258 e. The Hall–Kier alpha value is -2.01. The molecule has 1 N–H and O–H groups in total. The minimum absolute atomic E-state index is 0.0331. The normalized spacial score (nSPS) is 18.0. The van der Waals surface area contributed by atoms with Gasteiger partial charge in [0.1, 0.15) is 11.3 Å². The summed E-state index contributed by atoms with van der Waals surface area (Å²) in [7, 11) is 0. The average Bonchev–Trinajstić information content (AvgIpc) is 2.87. The third-order valence-corrected chi connectivity index (χ3v) is 5.35. The number of para-hydroxylation sites is 1. The number of aromatic nitrogens is 2. The Morgan fingerprint density at radius 2 is 1.96 bits per heavy atom. The van der Waals surface area contributed by atoms with Gasteiger partial charge in [-0.1, -0.05) is 44.5 Å². The van der Waals surface area contributed by atoms with Crippen molar-refractivity contribution in [2.75, 3.05) is 5.32 Å². The standard InChI is InChI=1S/C20H27ClN4O/c1-6-13(4)25-19(22-16-10-8-7-9-15(16)20(25)26)17-14(5)23-24(18(17)21)11-12(2)3/h7-10,12-13,19,22H,6,11H2,1-5H3/t13-,19-/m1/s1. The molecule has 2 heterocycles. The van der Waals surface area contributed by atoms with Gasteiger partial charge >= 0.3 is 0 Å². The third kappa shape index (κ3) is 3.20. The molecule has 0 saturated carbocycles. The molecule has 140 valence electrons. The molecular formula is C20H27ClN4O. The highest BCUT2D eigenvalue weighted by Gasteiger charge is 2.38. The predicted octanol–water partition coefficient (Wildman–Crippen LogP) is 4.87. The van der Waals surface area contributed by atoms with Gasteiger partial charge in [0.2, 0.25) is 0 Å². The van der Waals surface area contributed by atoms with E-state index in [0.717, 1.165) is 29.9 Å². The van der Waals surface area contributed by atoms with Gasteiger partial charge in [-0.05, 0) is 38.3 Å². The number of hydrogen-bond acceptors (Lipinski definition) is 3. The molecule has 6 heteroatoms. The maximum atomic E-state index is 13.2. The molecule has 0 aliphatic carbocycles. The number of rotatable bonds is 5. The highest BCUT2D eigenvalue weighted by molar-refractivity contribution is 6.30. The van der Waals surface area contributed by atoms with Crippen molar-refractivity contribution in [3.05, 3.63) is 46.2 Å². The second-order valence-corrected chi connectivity index (χ2v) is 7.79. The molecule has 0 saturated heterocycles. The molecule has 0 radical (unpaired) electrons. The number of aryl methyl sites for hydroxylation is 1. The van der Waals surface area contributed by atoms with E-state index in [2.05, 4.69) is 38.1 Å². The molecule has 0 spiro atoms. The second-order valence-electron chi connectivity index (χ2n) is 7.43. The summed E-state index contributed by atoms with van der Waals surface area (Å²) in [6, 6.07) is 7.72. The van der Waals surface area contributed by atoms with Crippen LogP contribution in [0.5, 0.6) is 0 Å². The lowest BCUT2D eigenvalue weighted by Crippen LogP contribution is -2.47. The summed E-state index contributed by atoms with van der Waals surface area (Å²) in [5, 5.41) is 8.76. The highest BCUT2D eigenvalue weighted by atomic mass is 35.5. The van der Waals surface area contributed by atoms with Crippen LogP contribution in [-0.2, 0) is 6.54 Å². The first-order chi connectivity index (χ1) is 12.3. The Labute approximate surface area is 160 Å². The second kappa shape index (κ2) is 7.31. The van der Waals surface area contributed by atoms with Gasteiger partial charge in [0.25, 0.3) is 5.91 Å². The molecule has 1 aliphatic rings. The lowest BCUT2D eigenvalue weighted by atomic mass is 10.0. The average molecular weight is 375 g/mol. The number of amides is 1. The molecule has 2 aromatic rings. The van der Waals surface area contributed by atoms with Crippen molar-refractivity contribution in [3.63, 3.8) is 0 Å². The van der Waals surface area contributed by atoms with E-state index in [1.165, 1.54) is 0 Å². The van der Waals surface area contributed by atoms with Gasteiger partial charge in [-0.2, -0.15) is 5.10 Å². The molecule has 1 aromatic carbocycles. The van der Waals surface area contributed by atoms with Crippen LogP contribution in [0, 0.1) is 12.8 Å². The Kier molecular flexibility index (Phi) is 5.28. The van der Waals surface area contributed by atoms with Crippen LogP contribution in [0.3, 0.4) is 0 Å². The van der Waals surface area contributed by atoms with Crippen molar-refractivity contribution < 1.29 is 4.79 Å². The summed E-state index contributed by atoms with van der Waals surface area (Å²) in [4.78, 5) is 15.1. The van der Waals surface area contributed by atoms with Crippen molar-refractivity contribution in [1.29, 1.82) is 0 Å². The van der Waals surface area contributed by atoms with Crippen molar-refractivity contribution in [2.45, 2.75) is 59.8 Å². The van der Waals surface area contributed by atoms with Crippen LogP contribution in [0.2, 0.25) is 5.15 Å². The van der Waals surface area contributed by atoms with Crippen molar-refractivity contribution >= 4 is 23.2 Å². The van der Waals surface area contributed by atoms with E-state index in [9.17, 15) is 4.79 Å². The van der Waals surface area contributed by atoms with E-state index in [4.69, 9.17) is 11.6 Å². The number of halogens is 1. The molecule has 5 nitrogen and oxygen atoms in total. The zero-order valence-electron chi connectivity index (χ0n) is 16.1. The summed E-state index contributed by atoms with van der Waals surface area (Å²) >= 11 is 6.72. The summed E-state index contributed by atoms with van der Waals surface area (Å²) in [5.74, 6) is 0.470. The maximum absolute atomic E-state index is 13.2. The quantitative estimate of drug-likeness (QED) is 0.812. The largest absolute Gasteiger partial charge is 0.361 e. The fourth-order valence-electron chi connectivity index (χ4n) is 3.48. The number of nitrogens with one attached hydrogen (secondary N) is 1. The fraction of sp³-hybridized carbons (Fsp3) is 0.500. The first-order valence-corrected chi connectivity index (χ1v) is 9.63. The zero-order valence-corrected chi connectivity index (χ0v) is 16.8. The molecule has 3 rings (SSSR count). The van der Waals surface area contributed by atoms with Crippen LogP contribution < -0.4 is 5.32 Å². The van der Waals surface area contributed by atoms with Gasteiger partial charge < -0.3 is 10.2 Å². The number of benzene rings is 1. The monoisotopic (exact) mass is 374 g/mol. The number of carbonyl (C=O) groups is 1. The van der Waals surface area contributed by atoms with Gasteiger partial charge in [-0.15, -0.1) is 0 Å². The molecule has 1 aliphatic heterocycles. The Bertz CT molecular complexity index is 814. The molecule has 0 fully saturated rings. The molecule has 1 aromatic heterocycles.